The minimum atomic E-state index is 0.493. The number of nitrogens with zero attached hydrogens (tertiary/aromatic N) is 1. The Labute approximate surface area is 92.4 Å². The number of thiol groups is 1. The Morgan fingerprint density at radius 3 is 2.79 bits per heavy atom. The Kier molecular flexibility index (Phi) is 4.46. The van der Waals surface area contributed by atoms with Gasteiger partial charge in [0.2, 0.25) is 0 Å². The normalized spacial score (nSPS) is 24.6. The number of rotatable bonds is 0. The zero-order valence-electron chi connectivity index (χ0n) is 9.20. The van der Waals surface area contributed by atoms with Crippen LogP contribution in [0.2, 0.25) is 0 Å². The third-order valence-electron chi connectivity index (χ3n) is 2.59. The molecule has 2 atom stereocenters. The maximum atomic E-state index is 4.54. The highest BCUT2D eigenvalue weighted by atomic mass is 32.1. The van der Waals surface area contributed by atoms with Crippen molar-refractivity contribution in [3.05, 3.63) is 29.6 Å². The first-order chi connectivity index (χ1) is 6.77. The number of fused-ring (bicyclic) bond motifs is 1. The van der Waals surface area contributed by atoms with Crippen LogP contribution in [0.1, 0.15) is 32.0 Å². The summed E-state index contributed by atoms with van der Waals surface area (Å²) in [5, 5.41) is 0.493. The lowest BCUT2D eigenvalue weighted by molar-refractivity contribution is 0.511. The number of hydrogen-bond acceptors (Lipinski definition) is 2. The standard InChI is InChI=1S/C10H13NS.C2H6/c1-7-5-8-3-2-4-11-9(8)6-10(7)12;1-2/h2-4,7,10,12H,5-6H2,1H3;1-2H3. The fourth-order valence-corrected chi connectivity index (χ4v) is 2.00. The average molecular weight is 209 g/mol. The molecule has 1 aromatic heterocycles. The monoisotopic (exact) mass is 209 g/mol. The maximum Gasteiger partial charge on any atom is 0.0446 e. The second-order valence-corrected chi connectivity index (χ2v) is 4.23. The number of pyridine rings is 1. The third-order valence-corrected chi connectivity index (χ3v) is 3.28. The van der Waals surface area contributed by atoms with Crippen molar-refractivity contribution in [3.63, 3.8) is 0 Å². The van der Waals surface area contributed by atoms with E-state index >= 15 is 0 Å². The summed E-state index contributed by atoms with van der Waals surface area (Å²) in [6.07, 6.45) is 4.03. The molecule has 0 radical (unpaired) electrons. The van der Waals surface area contributed by atoms with E-state index in [2.05, 4.69) is 30.6 Å². The summed E-state index contributed by atoms with van der Waals surface area (Å²) >= 11 is 4.54. The molecule has 0 aliphatic heterocycles. The molecule has 14 heavy (non-hydrogen) atoms. The van der Waals surface area contributed by atoms with Crippen LogP contribution in [0.15, 0.2) is 18.3 Å². The van der Waals surface area contributed by atoms with Gasteiger partial charge in [-0.2, -0.15) is 12.6 Å². The molecule has 0 amide bonds. The third kappa shape index (κ3) is 2.50. The Bertz CT molecular complexity index is 256. The van der Waals surface area contributed by atoms with Crippen molar-refractivity contribution >= 4 is 12.6 Å². The van der Waals surface area contributed by atoms with E-state index in [1.54, 1.807) is 0 Å². The molecule has 1 aliphatic rings. The van der Waals surface area contributed by atoms with E-state index in [4.69, 9.17) is 0 Å². The fourth-order valence-electron chi connectivity index (χ4n) is 1.72. The highest BCUT2D eigenvalue weighted by Crippen LogP contribution is 2.26. The summed E-state index contributed by atoms with van der Waals surface area (Å²) in [7, 11) is 0. The molecule has 0 saturated carbocycles. The van der Waals surface area contributed by atoms with Gasteiger partial charge in [0.05, 0.1) is 0 Å². The van der Waals surface area contributed by atoms with Crippen molar-refractivity contribution in [2.45, 2.75) is 38.9 Å². The Balaban J connectivity index is 0.000000461. The van der Waals surface area contributed by atoms with Gasteiger partial charge in [0.25, 0.3) is 0 Å². The zero-order chi connectivity index (χ0) is 10.6. The molecule has 1 aliphatic carbocycles. The minimum absolute atomic E-state index is 0.493. The molecule has 1 nitrogen and oxygen atoms in total. The topological polar surface area (TPSA) is 12.9 Å². The zero-order valence-corrected chi connectivity index (χ0v) is 10.1. The van der Waals surface area contributed by atoms with Gasteiger partial charge < -0.3 is 0 Å². The molecule has 2 unspecified atom stereocenters. The molecule has 0 aromatic carbocycles. The lowest BCUT2D eigenvalue weighted by atomic mass is 9.87. The molecule has 0 fully saturated rings. The molecule has 0 bridgehead atoms. The van der Waals surface area contributed by atoms with Gasteiger partial charge in [-0.05, 0) is 24.0 Å². The molecule has 2 rings (SSSR count). The van der Waals surface area contributed by atoms with Gasteiger partial charge in [0.1, 0.15) is 0 Å². The van der Waals surface area contributed by atoms with Crippen molar-refractivity contribution in [3.8, 4) is 0 Å². The van der Waals surface area contributed by atoms with E-state index in [1.165, 1.54) is 11.3 Å². The van der Waals surface area contributed by atoms with Gasteiger partial charge in [-0.25, -0.2) is 0 Å². The molecule has 0 N–H and O–H groups in total. The molecule has 1 heterocycles. The first kappa shape index (κ1) is 11.6. The lowest BCUT2D eigenvalue weighted by Crippen LogP contribution is -2.24. The van der Waals surface area contributed by atoms with E-state index in [9.17, 15) is 0 Å². The lowest BCUT2D eigenvalue weighted by Gasteiger charge is -2.25. The van der Waals surface area contributed by atoms with E-state index in [0.29, 0.717) is 11.2 Å². The van der Waals surface area contributed by atoms with Gasteiger partial charge in [-0.3, -0.25) is 4.98 Å². The van der Waals surface area contributed by atoms with Crippen LogP contribution in [-0.4, -0.2) is 10.2 Å². The summed E-state index contributed by atoms with van der Waals surface area (Å²) in [4.78, 5) is 4.36. The van der Waals surface area contributed by atoms with Gasteiger partial charge in [0, 0.05) is 23.6 Å². The van der Waals surface area contributed by atoms with Crippen LogP contribution in [0.25, 0.3) is 0 Å². The number of aromatic nitrogens is 1. The quantitative estimate of drug-likeness (QED) is 0.648. The Morgan fingerprint density at radius 2 is 2.07 bits per heavy atom. The second-order valence-electron chi connectivity index (χ2n) is 3.56. The van der Waals surface area contributed by atoms with Gasteiger partial charge >= 0.3 is 0 Å². The Hall–Kier alpha value is -0.500. The van der Waals surface area contributed by atoms with Crippen LogP contribution in [0.4, 0.5) is 0 Å². The van der Waals surface area contributed by atoms with Gasteiger partial charge in [-0.15, -0.1) is 0 Å². The SMILES string of the molecule is CC.CC1Cc2cccnc2CC1S. The van der Waals surface area contributed by atoms with Crippen LogP contribution in [0.5, 0.6) is 0 Å². The summed E-state index contributed by atoms with van der Waals surface area (Å²) in [5.74, 6) is 0.685. The van der Waals surface area contributed by atoms with Crippen LogP contribution in [0.3, 0.4) is 0 Å². The van der Waals surface area contributed by atoms with E-state index in [1.807, 2.05) is 26.1 Å². The second kappa shape index (κ2) is 5.40. The molecule has 0 spiro atoms. The van der Waals surface area contributed by atoms with E-state index in [-0.39, 0.29) is 0 Å². The predicted octanol–water partition coefficient (Wildman–Crippen LogP) is 3.14. The summed E-state index contributed by atoms with van der Waals surface area (Å²) in [6.45, 7) is 6.26. The molecule has 2 heteroatoms. The smallest absolute Gasteiger partial charge is 0.0446 e. The van der Waals surface area contributed by atoms with Crippen LogP contribution >= 0.6 is 12.6 Å². The highest BCUT2D eigenvalue weighted by molar-refractivity contribution is 7.81. The molecule has 0 saturated heterocycles. The van der Waals surface area contributed by atoms with Crippen molar-refractivity contribution in [1.82, 2.24) is 4.98 Å². The molecule has 1 aromatic rings. The van der Waals surface area contributed by atoms with Crippen molar-refractivity contribution in [1.29, 1.82) is 0 Å². The highest BCUT2D eigenvalue weighted by Gasteiger charge is 2.22. The number of hydrogen-bond donors (Lipinski definition) is 1. The van der Waals surface area contributed by atoms with Crippen LogP contribution < -0.4 is 0 Å². The van der Waals surface area contributed by atoms with Gasteiger partial charge in [0.15, 0.2) is 0 Å². The minimum Gasteiger partial charge on any atom is -0.261 e. The largest absolute Gasteiger partial charge is 0.261 e. The molecular weight excluding hydrogens is 190 g/mol. The Morgan fingerprint density at radius 1 is 1.36 bits per heavy atom. The molecular formula is C12H19NS. The summed E-state index contributed by atoms with van der Waals surface area (Å²) in [5.41, 5.74) is 2.66. The van der Waals surface area contributed by atoms with E-state index < -0.39 is 0 Å². The van der Waals surface area contributed by atoms with Crippen LogP contribution in [-0.2, 0) is 12.8 Å². The van der Waals surface area contributed by atoms with Crippen molar-refractivity contribution in [2.24, 2.45) is 5.92 Å². The fraction of sp³-hybridized carbons (Fsp3) is 0.583. The van der Waals surface area contributed by atoms with Crippen LogP contribution in [0, 0.1) is 5.92 Å². The van der Waals surface area contributed by atoms with Gasteiger partial charge in [-0.1, -0.05) is 26.8 Å². The predicted molar refractivity (Wildman–Crippen MR) is 64.9 cm³/mol. The van der Waals surface area contributed by atoms with Crippen molar-refractivity contribution < 1.29 is 0 Å². The van der Waals surface area contributed by atoms with E-state index in [0.717, 1.165) is 12.8 Å². The summed E-state index contributed by atoms with van der Waals surface area (Å²) in [6, 6.07) is 4.20. The summed E-state index contributed by atoms with van der Waals surface area (Å²) < 4.78 is 0. The maximum absolute atomic E-state index is 4.54. The first-order valence-corrected chi connectivity index (χ1v) is 5.90. The van der Waals surface area contributed by atoms with Crippen molar-refractivity contribution in [2.75, 3.05) is 0 Å². The first-order valence-electron chi connectivity index (χ1n) is 5.38. The molecule has 78 valence electrons. The average Bonchev–Trinajstić information content (AvgIpc) is 2.23.